The number of benzene rings is 3. The summed E-state index contributed by atoms with van der Waals surface area (Å²) in [6.07, 6.45) is 0. The van der Waals surface area contributed by atoms with Crippen LogP contribution in [-0.2, 0) is 0 Å². The zero-order valence-corrected chi connectivity index (χ0v) is 14.8. The highest BCUT2D eigenvalue weighted by Crippen LogP contribution is 2.34. The van der Waals surface area contributed by atoms with E-state index >= 15 is 0 Å². The van der Waals surface area contributed by atoms with Crippen LogP contribution >= 0.6 is 23.2 Å². The predicted octanol–water partition coefficient (Wildman–Crippen LogP) is 5.59. The van der Waals surface area contributed by atoms with Gasteiger partial charge in [-0.2, -0.15) is 0 Å². The fourth-order valence-corrected chi connectivity index (χ4v) is 3.08. The van der Waals surface area contributed by atoms with Crippen molar-refractivity contribution in [3.8, 4) is 11.5 Å². The molecule has 0 spiro atoms. The molecule has 0 aromatic heterocycles. The highest BCUT2D eigenvalue weighted by atomic mass is 35.5. The van der Waals surface area contributed by atoms with Crippen molar-refractivity contribution in [1.29, 1.82) is 0 Å². The van der Waals surface area contributed by atoms with Gasteiger partial charge >= 0.3 is 0 Å². The summed E-state index contributed by atoms with van der Waals surface area (Å²) in [5, 5.41) is 0.472. The molecular weight excluding hydrogens is 373 g/mol. The smallest absolute Gasteiger partial charge is 0.266 e. The Labute approximate surface area is 159 Å². The van der Waals surface area contributed by atoms with Gasteiger partial charge in [-0.15, -0.1) is 0 Å². The van der Waals surface area contributed by atoms with Crippen molar-refractivity contribution < 1.29 is 14.3 Å². The first-order valence-electron chi connectivity index (χ1n) is 7.75. The summed E-state index contributed by atoms with van der Waals surface area (Å²) < 4.78 is 5.72. The Kier molecular flexibility index (Phi) is 4.15. The van der Waals surface area contributed by atoms with Gasteiger partial charge in [0.05, 0.1) is 26.9 Å². The van der Waals surface area contributed by atoms with Crippen molar-refractivity contribution in [2.45, 2.75) is 0 Å². The van der Waals surface area contributed by atoms with Gasteiger partial charge in [-0.25, -0.2) is 4.90 Å². The highest BCUT2D eigenvalue weighted by molar-refractivity contribution is 6.44. The van der Waals surface area contributed by atoms with E-state index in [0.29, 0.717) is 17.2 Å². The minimum absolute atomic E-state index is 0.236. The summed E-state index contributed by atoms with van der Waals surface area (Å²) in [6.45, 7) is 0. The molecule has 1 aliphatic heterocycles. The molecule has 0 bridgehead atoms. The topological polar surface area (TPSA) is 46.6 Å². The molecule has 3 aromatic carbocycles. The Morgan fingerprint density at radius 2 is 1.19 bits per heavy atom. The summed E-state index contributed by atoms with van der Waals surface area (Å²) in [6, 6.07) is 18.9. The molecule has 1 heterocycles. The molecule has 4 nitrogen and oxygen atoms in total. The van der Waals surface area contributed by atoms with E-state index < -0.39 is 11.8 Å². The van der Waals surface area contributed by atoms with Gasteiger partial charge in [0.25, 0.3) is 11.8 Å². The van der Waals surface area contributed by atoms with Crippen LogP contribution in [0.4, 0.5) is 5.69 Å². The average Bonchev–Trinajstić information content (AvgIpc) is 2.88. The molecule has 0 saturated heterocycles. The molecule has 6 heteroatoms. The minimum Gasteiger partial charge on any atom is -0.457 e. The lowest BCUT2D eigenvalue weighted by atomic mass is 10.1. The zero-order valence-electron chi connectivity index (χ0n) is 13.3. The highest BCUT2D eigenvalue weighted by Gasteiger charge is 2.37. The van der Waals surface area contributed by atoms with Crippen LogP contribution in [0.5, 0.6) is 11.5 Å². The lowest BCUT2D eigenvalue weighted by Gasteiger charge is -2.14. The molecule has 2 amide bonds. The van der Waals surface area contributed by atoms with Crippen LogP contribution in [0, 0.1) is 0 Å². The van der Waals surface area contributed by atoms with Gasteiger partial charge in [0.2, 0.25) is 0 Å². The SMILES string of the molecule is O=C1c2cc(Cl)c(Cl)cc2C(=O)N1c1ccc(Oc2ccccc2)cc1. The molecule has 4 rings (SSSR count). The summed E-state index contributed by atoms with van der Waals surface area (Å²) in [5.41, 5.74) is 0.937. The van der Waals surface area contributed by atoms with Crippen molar-refractivity contribution in [3.63, 3.8) is 0 Å². The Hall–Kier alpha value is -2.82. The van der Waals surface area contributed by atoms with E-state index in [9.17, 15) is 9.59 Å². The van der Waals surface area contributed by atoms with Crippen LogP contribution in [-0.4, -0.2) is 11.8 Å². The summed E-state index contributed by atoms with van der Waals surface area (Å²) >= 11 is 11.9. The summed E-state index contributed by atoms with van der Waals surface area (Å²) in [7, 11) is 0. The maximum atomic E-state index is 12.6. The first-order chi connectivity index (χ1) is 12.5. The van der Waals surface area contributed by atoms with E-state index in [1.165, 1.54) is 12.1 Å². The van der Waals surface area contributed by atoms with E-state index in [-0.39, 0.29) is 21.2 Å². The molecule has 3 aromatic rings. The third-order valence-electron chi connectivity index (χ3n) is 4.00. The Morgan fingerprint density at radius 3 is 1.73 bits per heavy atom. The van der Waals surface area contributed by atoms with Crippen LogP contribution < -0.4 is 9.64 Å². The minimum atomic E-state index is -0.430. The van der Waals surface area contributed by atoms with Gasteiger partial charge in [0, 0.05) is 0 Å². The second kappa shape index (κ2) is 6.48. The number of amides is 2. The molecule has 128 valence electrons. The number of para-hydroxylation sites is 1. The molecule has 0 saturated carbocycles. The van der Waals surface area contributed by atoms with Crippen molar-refractivity contribution in [3.05, 3.63) is 87.9 Å². The normalized spacial score (nSPS) is 13.1. The number of carbonyl (C=O) groups excluding carboxylic acids is 2. The maximum absolute atomic E-state index is 12.6. The van der Waals surface area contributed by atoms with Gasteiger partial charge in [-0.3, -0.25) is 9.59 Å². The van der Waals surface area contributed by atoms with Gasteiger partial charge in [0.15, 0.2) is 0 Å². The van der Waals surface area contributed by atoms with Crippen LogP contribution in [0.1, 0.15) is 20.7 Å². The summed E-state index contributed by atoms with van der Waals surface area (Å²) in [5.74, 6) is 0.438. The van der Waals surface area contributed by atoms with Crippen LogP contribution in [0.2, 0.25) is 10.0 Å². The first kappa shape index (κ1) is 16.6. The van der Waals surface area contributed by atoms with Crippen molar-refractivity contribution >= 4 is 40.7 Å². The molecule has 0 atom stereocenters. The van der Waals surface area contributed by atoms with Gasteiger partial charge in [-0.1, -0.05) is 41.4 Å². The number of fused-ring (bicyclic) bond motifs is 1. The number of rotatable bonds is 3. The third-order valence-corrected chi connectivity index (χ3v) is 4.72. The molecule has 0 radical (unpaired) electrons. The zero-order chi connectivity index (χ0) is 18.3. The molecule has 26 heavy (non-hydrogen) atoms. The van der Waals surface area contributed by atoms with Crippen LogP contribution in [0.3, 0.4) is 0 Å². The number of nitrogens with zero attached hydrogens (tertiary/aromatic N) is 1. The van der Waals surface area contributed by atoms with Crippen molar-refractivity contribution in [1.82, 2.24) is 0 Å². The number of hydrogen-bond acceptors (Lipinski definition) is 3. The fraction of sp³-hybridized carbons (Fsp3) is 0. The fourth-order valence-electron chi connectivity index (χ4n) is 2.76. The van der Waals surface area contributed by atoms with Gasteiger partial charge in [-0.05, 0) is 48.5 Å². The van der Waals surface area contributed by atoms with Gasteiger partial charge in [0.1, 0.15) is 11.5 Å². The quantitative estimate of drug-likeness (QED) is 0.554. The number of carbonyl (C=O) groups is 2. The van der Waals surface area contributed by atoms with Crippen LogP contribution in [0.25, 0.3) is 0 Å². The second-order valence-electron chi connectivity index (χ2n) is 5.67. The van der Waals surface area contributed by atoms with Crippen molar-refractivity contribution in [2.24, 2.45) is 0 Å². The van der Waals surface area contributed by atoms with E-state index in [4.69, 9.17) is 27.9 Å². The standard InChI is InChI=1S/C20H11Cl2NO3/c21-17-10-15-16(11-18(17)22)20(25)23(19(15)24)12-6-8-14(9-7-12)26-13-4-2-1-3-5-13/h1-11H. The Morgan fingerprint density at radius 1 is 0.692 bits per heavy atom. The Balaban J connectivity index is 1.62. The molecular formula is C20H11Cl2NO3. The maximum Gasteiger partial charge on any atom is 0.266 e. The van der Waals surface area contributed by atoms with E-state index in [2.05, 4.69) is 0 Å². The largest absolute Gasteiger partial charge is 0.457 e. The molecule has 0 unspecified atom stereocenters. The average molecular weight is 384 g/mol. The van der Waals surface area contributed by atoms with E-state index in [1.54, 1.807) is 24.3 Å². The van der Waals surface area contributed by atoms with E-state index in [0.717, 1.165) is 4.90 Å². The monoisotopic (exact) mass is 383 g/mol. The lowest BCUT2D eigenvalue weighted by Crippen LogP contribution is -2.29. The summed E-state index contributed by atoms with van der Waals surface area (Å²) in [4.78, 5) is 26.3. The lowest BCUT2D eigenvalue weighted by molar-refractivity contribution is 0.0926. The molecule has 1 aliphatic rings. The van der Waals surface area contributed by atoms with Gasteiger partial charge < -0.3 is 4.74 Å². The predicted molar refractivity (Wildman–Crippen MR) is 101 cm³/mol. The van der Waals surface area contributed by atoms with Crippen LogP contribution in [0.15, 0.2) is 66.7 Å². The molecule has 0 N–H and O–H groups in total. The van der Waals surface area contributed by atoms with Crippen molar-refractivity contribution in [2.75, 3.05) is 4.90 Å². The van der Waals surface area contributed by atoms with E-state index in [1.807, 2.05) is 30.3 Å². The third kappa shape index (κ3) is 2.83. The number of halogens is 2. The Bertz CT molecular complexity index is 976. The number of ether oxygens (including phenoxy) is 1. The number of imide groups is 1. The number of hydrogen-bond donors (Lipinski definition) is 0. The second-order valence-corrected chi connectivity index (χ2v) is 6.48. The molecule has 0 aliphatic carbocycles. The number of anilines is 1. The first-order valence-corrected chi connectivity index (χ1v) is 8.51. The molecule has 0 fully saturated rings.